The molecule has 0 fully saturated rings. The predicted molar refractivity (Wildman–Crippen MR) is 81.4 cm³/mol. The molecule has 0 spiro atoms. The number of benzene rings is 2. The van der Waals surface area contributed by atoms with E-state index in [1.165, 1.54) is 0 Å². The summed E-state index contributed by atoms with van der Waals surface area (Å²) in [5.41, 5.74) is 1.70. The van der Waals surface area contributed by atoms with Crippen molar-refractivity contribution >= 4 is 40.5 Å². The van der Waals surface area contributed by atoms with E-state index in [-0.39, 0.29) is 6.79 Å². The molecular weight excluding hydrogens is 321 g/mol. The Morgan fingerprint density at radius 2 is 1.70 bits per heavy atom. The van der Waals surface area contributed by atoms with Gasteiger partial charge in [0.05, 0.1) is 10.7 Å². The third-order valence-electron chi connectivity index (χ3n) is 2.95. The first-order valence-corrected chi connectivity index (χ1v) is 7.04. The first-order chi connectivity index (χ1) is 9.63. The standard InChI is InChI=1S/C14H10Cl3NO2/c15-9-2-1-8(10(16)3-9)6-18-12-5-14-13(4-11(12)17)19-7-20-14/h1-5,18H,6-7H2. The van der Waals surface area contributed by atoms with Crippen LogP contribution in [0, 0.1) is 0 Å². The molecule has 0 aliphatic carbocycles. The van der Waals surface area contributed by atoms with E-state index in [1.54, 1.807) is 18.2 Å². The van der Waals surface area contributed by atoms with Crippen molar-refractivity contribution < 1.29 is 9.47 Å². The van der Waals surface area contributed by atoms with E-state index < -0.39 is 0 Å². The normalized spacial score (nSPS) is 12.6. The maximum Gasteiger partial charge on any atom is 0.231 e. The summed E-state index contributed by atoms with van der Waals surface area (Å²) in [6.07, 6.45) is 0. The van der Waals surface area contributed by atoms with Crippen molar-refractivity contribution in [2.75, 3.05) is 12.1 Å². The average molecular weight is 331 g/mol. The number of rotatable bonds is 3. The second-order valence-electron chi connectivity index (χ2n) is 4.27. The molecule has 1 aliphatic rings. The monoisotopic (exact) mass is 329 g/mol. The molecule has 104 valence electrons. The average Bonchev–Trinajstić information content (AvgIpc) is 2.84. The molecule has 3 nitrogen and oxygen atoms in total. The number of nitrogens with one attached hydrogen (secondary N) is 1. The van der Waals surface area contributed by atoms with Gasteiger partial charge in [0.1, 0.15) is 0 Å². The van der Waals surface area contributed by atoms with E-state index in [4.69, 9.17) is 44.3 Å². The molecule has 0 amide bonds. The summed E-state index contributed by atoms with van der Waals surface area (Å²) in [5.74, 6) is 1.34. The molecule has 0 atom stereocenters. The Labute approximate surface area is 131 Å². The van der Waals surface area contributed by atoms with E-state index in [1.807, 2.05) is 12.1 Å². The topological polar surface area (TPSA) is 30.5 Å². The van der Waals surface area contributed by atoms with Crippen LogP contribution in [-0.2, 0) is 6.54 Å². The van der Waals surface area contributed by atoms with Gasteiger partial charge in [-0.15, -0.1) is 0 Å². The molecule has 0 bridgehead atoms. The molecule has 0 radical (unpaired) electrons. The van der Waals surface area contributed by atoms with E-state index in [0.29, 0.717) is 33.1 Å². The Hall–Kier alpha value is -1.29. The van der Waals surface area contributed by atoms with Crippen LogP contribution in [0.5, 0.6) is 11.5 Å². The van der Waals surface area contributed by atoms with Crippen molar-refractivity contribution in [2.45, 2.75) is 6.54 Å². The largest absolute Gasteiger partial charge is 0.454 e. The van der Waals surface area contributed by atoms with Crippen LogP contribution in [0.4, 0.5) is 5.69 Å². The minimum Gasteiger partial charge on any atom is -0.454 e. The summed E-state index contributed by atoms with van der Waals surface area (Å²) in [4.78, 5) is 0. The zero-order valence-electron chi connectivity index (χ0n) is 10.3. The molecule has 1 heterocycles. The molecule has 0 aromatic heterocycles. The fourth-order valence-corrected chi connectivity index (χ4v) is 2.60. The Morgan fingerprint density at radius 3 is 2.45 bits per heavy atom. The lowest BCUT2D eigenvalue weighted by molar-refractivity contribution is 0.174. The van der Waals surface area contributed by atoms with E-state index >= 15 is 0 Å². The third-order valence-corrected chi connectivity index (χ3v) is 3.85. The van der Waals surface area contributed by atoms with Crippen molar-refractivity contribution in [2.24, 2.45) is 0 Å². The van der Waals surface area contributed by atoms with Crippen LogP contribution in [0.15, 0.2) is 30.3 Å². The maximum atomic E-state index is 6.19. The molecule has 1 N–H and O–H groups in total. The van der Waals surface area contributed by atoms with E-state index in [0.717, 1.165) is 11.3 Å². The maximum absolute atomic E-state index is 6.19. The van der Waals surface area contributed by atoms with Gasteiger partial charge < -0.3 is 14.8 Å². The van der Waals surface area contributed by atoms with Crippen LogP contribution in [0.25, 0.3) is 0 Å². The second-order valence-corrected chi connectivity index (χ2v) is 5.53. The smallest absolute Gasteiger partial charge is 0.231 e. The summed E-state index contributed by atoms with van der Waals surface area (Å²) < 4.78 is 10.6. The zero-order chi connectivity index (χ0) is 14.1. The number of hydrogen-bond acceptors (Lipinski definition) is 3. The lowest BCUT2D eigenvalue weighted by Gasteiger charge is -2.11. The van der Waals surface area contributed by atoms with Crippen molar-refractivity contribution in [3.05, 3.63) is 51.0 Å². The van der Waals surface area contributed by atoms with Gasteiger partial charge in [-0.3, -0.25) is 0 Å². The molecule has 2 aromatic rings. The van der Waals surface area contributed by atoms with Gasteiger partial charge >= 0.3 is 0 Å². The quantitative estimate of drug-likeness (QED) is 0.860. The van der Waals surface area contributed by atoms with Crippen LogP contribution in [0.1, 0.15) is 5.56 Å². The van der Waals surface area contributed by atoms with Crippen LogP contribution >= 0.6 is 34.8 Å². The SMILES string of the molecule is Clc1ccc(CNc2cc3c(cc2Cl)OCO3)c(Cl)c1. The molecule has 1 aliphatic heterocycles. The van der Waals surface area contributed by atoms with Gasteiger partial charge in [-0.2, -0.15) is 0 Å². The molecule has 6 heteroatoms. The third kappa shape index (κ3) is 2.75. The fourth-order valence-electron chi connectivity index (χ4n) is 1.91. The highest BCUT2D eigenvalue weighted by atomic mass is 35.5. The van der Waals surface area contributed by atoms with E-state index in [9.17, 15) is 0 Å². The van der Waals surface area contributed by atoms with Crippen LogP contribution in [-0.4, -0.2) is 6.79 Å². The summed E-state index contributed by atoms with van der Waals surface area (Å²) in [7, 11) is 0. The Morgan fingerprint density at radius 1 is 0.950 bits per heavy atom. The number of anilines is 1. The van der Waals surface area contributed by atoms with Gasteiger partial charge in [0.2, 0.25) is 6.79 Å². The molecule has 0 saturated heterocycles. The zero-order valence-corrected chi connectivity index (χ0v) is 12.5. The Bertz CT molecular complexity index is 661. The summed E-state index contributed by atoms with van der Waals surface area (Å²) in [5, 5.41) is 5.02. The lowest BCUT2D eigenvalue weighted by Crippen LogP contribution is -2.00. The minimum absolute atomic E-state index is 0.220. The van der Waals surface area contributed by atoms with Crippen molar-refractivity contribution in [3.8, 4) is 11.5 Å². The van der Waals surface area contributed by atoms with Crippen molar-refractivity contribution in [1.29, 1.82) is 0 Å². The second kappa shape index (κ2) is 5.60. The van der Waals surface area contributed by atoms with E-state index in [2.05, 4.69) is 5.32 Å². The fraction of sp³-hybridized carbons (Fsp3) is 0.143. The highest BCUT2D eigenvalue weighted by Gasteiger charge is 2.16. The first kappa shape index (κ1) is 13.7. The van der Waals surface area contributed by atoms with Gasteiger partial charge in [-0.1, -0.05) is 40.9 Å². The van der Waals surface area contributed by atoms with Gasteiger partial charge in [-0.25, -0.2) is 0 Å². The van der Waals surface area contributed by atoms with Gasteiger partial charge in [0.15, 0.2) is 11.5 Å². The summed E-state index contributed by atoms with van der Waals surface area (Å²) >= 11 is 18.2. The minimum atomic E-state index is 0.220. The number of hydrogen-bond donors (Lipinski definition) is 1. The highest BCUT2D eigenvalue weighted by Crippen LogP contribution is 2.39. The number of ether oxygens (including phenoxy) is 2. The van der Waals surface area contributed by atoms with Crippen LogP contribution in [0.3, 0.4) is 0 Å². The number of fused-ring (bicyclic) bond motifs is 1. The predicted octanol–water partition coefficient (Wildman–Crippen LogP) is 4.99. The van der Waals surface area contributed by atoms with Gasteiger partial charge in [0.25, 0.3) is 0 Å². The Balaban J connectivity index is 1.78. The van der Waals surface area contributed by atoms with Gasteiger partial charge in [0, 0.05) is 28.7 Å². The van der Waals surface area contributed by atoms with Crippen LogP contribution in [0.2, 0.25) is 15.1 Å². The van der Waals surface area contributed by atoms with Crippen molar-refractivity contribution in [1.82, 2.24) is 0 Å². The molecule has 20 heavy (non-hydrogen) atoms. The molecular formula is C14H10Cl3NO2. The molecule has 2 aromatic carbocycles. The molecule has 0 unspecified atom stereocenters. The summed E-state index contributed by atoms with van der Waals surface area (Å²) in [6.45, 7) is 0.757. The van der Waals surface area contributed by atoms with Crippen molar-refractivity contribution in [3.63, 3.8) is 0 Å². The Kier molecular flexibility index (Phi) is 3.83. The molecule has 3 rings (SSSR count). The lowest BCUT2D eigenvalue weighted by atomic mass is 10.2. The van der Waals surface area contributed by atoms with Gasteiger partial charge in [-0.05, 0) is 17.7 Å². The highest BCUT2D eigenvalue weighted by molar-refractivity contribution is 6.35. The molecule has 0 saturated carbocycles. The number of halogens is 3. The first-order valence-electron chi connectivity index (χ1n) is 5.90. The summed E-state index contributed by atoms with van der Waals surface area (Å²) in [6, 6.07) is 8.93. The van der Waals surface area contributed by atoms with Crippen LogP contribution < -0.4 is 14.8 Å².